The Morgan fingerprint density at radius 3 is 2.30 bits per heavy atom. The Kier molecular flexibility index (Phi) is 7.11. The maximum absolute atomic E-state index is 13.0. The highest BCUT2D eigenvalue weighted by atomic mass is 16.3. The molecule has 0 radical (unpaired) electrons. The van der Waals surface area contributed by atoms with Crippen molar-refractivity contribution in [2.75, 3.05) is 25.0 Å². The van der Waals surface area contributed by atoms with Crippen LogP contribution < -0.4 is 10.9 Å². The summed E-state index contributed by atoms with van der Waals surface area (Å²) >= 11 is 0. The average Bonchev–Trinajstić information content (AvgIpc) is 3.06. The van der Waals surface area contributed by atoms with Gasteiger partial charge in [0.1, 0.15) is 5.69 Å². The molecule has 33 heavy (non-hydrogen) atoms. The van der Waals surface area contributed by atoms with E-state index in [0.29, 0.717) is 24.3 Å². The van der Waals surface area contributed by atoms with Gasteiger partial charge >= 0.3 is 0 Å². The zero-order valence-corrected chi connectivity index (χ0v) is 19.3. The third kappa shape index (κ3) is 5.10. The first-order valence-corrected chi connectivity index (χ1v) is 11.5. The number of nitrogens with zero attached hydrogens (tertiary/aromatic N) is 3. The molecule has 3 aromatic rings. The SMILES string of the molecule is Cc1c(NC(=O)CCN2CCC(C(O)c3ccccc3)CC2)c(=O)n(-c2ccccc2)n1C. The molecule has 2 aromatic carbocycles. The number of carbonyl (C=O) groups is 1. The summed E-state index contributed by atoms with van der Waals surface area (Å²) in [5.41, 5.74) is 2.54. The van der Waals surface area contributed by atoms with Crippen LogP contribution in [0.2, 0.25) is 0 Å². The van der Waals surface area contributed by atoms with E-state index in [9.17, 15) is 14.7 Å². The van der Waals surface area contributed by atoms with Gasteiger partial charge in [-0.25, -0.2) is 4.68 Å². The Balaban J connectivity index is 1.31. The number of para-hydroxylation sites is 1. The van der Waals surface area contributed by atoms with Gasteiger partial charge in [-0.15, -0.1) is 0 Å². The topological polar surface area (TPSA) is 79.5 Å². The van der Waals surface area contributed by atoms with Crippen molar-refractivity contribution in [3.63, 3.8) is 0 Å². The van der Waals surface area contributed by atoms with Gasteiger partial charge in [0.2, 0.25) is 5.91 Å². The maximum atomic E-state index is 13.0. The van der Waals surface area contributed by atoms with Crippen LogP contribution in [-0.4, -0.2) is 44.9 Å². The molecule has 0 bridgehead atoms. The minimum Gasteiger partial charge on any atom is -0.388 e. The van der Waals surface area contributed by atoms with E-state index in [4.69, 9.17) is 0 Å². The molecule has 1 aliphatic heterocycles. The second kappa shape index (κ2) is 10.2. The van der Waals surface area contributed by atoms with Gasteiger partial charge in [-0.2, -0.15) is 0 Å². The molecule has 0 spiro atoms. The largest absolute Gasteiger partial charge is 0.388 e. The molecule has 1 atom stereocenters. The Morgan fingerprint density at radius 2 is 1.67 bits per heavy atom. The number of amides is 1. The van der Waals surface area contributed by atoms with E-state index in [1.165, 1.54) is 0 Å². The zero-order chi connectivity index (χ0) is 23.4. The fourth-order valence-electron chi connectivity index (χ4n) is 4.59. The zero-order valence-electron chi connectivity index (χ0n) is 19.3. The van der Waals surface area contributed by atoms with Crippen molar-refractivity contribution in [2.45, 2.75) is 32.3 Å². The Morgan fingerprint density at radius 1 is 1.06 bits per heavy atom. The van der Waals surface area contributed by atoms with Crippen LogP contribution in [0.4, 0.5) is 5.69 Å². The van der Waals surface area contributed by atoms with Crippen molar-refractivity contribution >= 4 is 11.6 Å². The van der Waals surface area contributed by atoms with Gasteiger partial charge in [0.05, 0.1) is 17.5 Å². The standard InChI is InChI=1S/C26H32N4O3/c1-19-24(26(33)30(28(19)2)22-11-7-4-8-12-22)27-23(31)15-18-29-16-13-21(14-17-29)25(32)20-9-5-3-6-10-20/h3-12,21,25,32H,13-18H2,1-2H3,(H,27,31). The van der Waals surface area contributed by atoms with Crippen LogP contribution in [0, 0.1) is 12.8 Å². The first-order valence-electron chi connectivity index (χ1n) is 11.5. The van der Waals surface area contributed by atoms with E-state index in [2.05, 4.69) is 10.2 Å². The monoisotopic (exact) mass is 448 g/mol. The molecule has 1 aromatic heterocycles. The van der Waals surface area contributed by atoms with Crippen LogP contribution in [-0.2, 0) is 11.8 Å². The second-order valence-electron chi connectivity index (χ2n) is 8.77. The third-order valence-corrected chi connectivity index (χ3v) is 6.69. The maximum Gasteiger partial charge on any atom is 0.295 e. The fraction of sp³-hybridized carbons (Fsp3) is 0.385. The van der Waals surface area contributed by atoms with E-state index in [1.54, 1.807) is 9.36 Å². The molecule has 1 fully saturated rings. The first-order chi connectivity index (χ1) is 16.0. The van der Waals surface area contributed by atoms with Crippen molar-refractivity contribution in [1.82, 2.24) is 14.3 Å². The van der Waals surface area contributed by atoms with Crippen molar-refractivity contribution in [2.24, 2.45) is 13.0 Å². The van der Waals surface area contributed by atoms with Crippen LogP contribution in [0.3, 0.4) is 0 Å². The summed E-state index contributed by atoms with van der Waals surface area (Å²) in [5, 5.41) is 13.5. The normalized spacial score (nSPS) is 16.0. The van der Waals surface area contributed by atoms with Crippen LogP contribution in [0.15, 0.2) is 65.5 Å². The third-order valence-electron chi connectivity index (χ3n) is 6.69. The molecule has 0 saturated carbocycles. The minimum atomic E-state index is -0.440. The molecule has 1 amide bonds. The van der Waals surface area contributed by atoms with Crippen LogP contribution in [0.5, 0.6) is 0 Å². The molecular formula is C26H32N4O3. The summed E-state index contributed by atoms with van der Waals surface area (Å²) in [4.78, 5) is 27.9. The predicted octanol–water partition coefficient (Wildman–Crippen LogP) is 3.26. The lowest BCUT2D eigenvalue weighted by Gasteiger charge is -2.34. The number of nitrogens with one attached hydrogen (secondary N) is 1. The molecule has 7 nitrogen and oxygen atoms in total. The van der Waals surface area contributed by atoms with Gasteiger partial charge in [0.15, 0.2) is 0 Å². The number of piperidine rings is 1. The summed E-state index contributed by atoms with van der Waals surface area (Å²) in [6.45, 7) is 4.18. The highest BCUT2D eigenvalue weighted by Gasteiger charge is 2.26. The molecule has 2 N–H and O–H groups in total. The van der Waals surface area contributed by atoms with E-state index in [0.717, 1.165) is 37.2 Å². The number of rotatable bonds is 7. The van der Waals surface area contributed by atoms with Crippen molar-refractivity contribution < 1.29 is 9.90 Å². The van der Waals surface area contributed by atoms with Crippen LogP contribution in [0.25, 0.3) is 5.69 Å². The van der Waals surface area contributed by atoms with Gasteiger partial charge in [0, 0.05) is 20.0 Å². The number of likely N-dealkylation sites (tertiary alicyclic amines) is 1. The molecule has 1 unspecified atom stereocenters. The Hall–Kier alpha value is -3.16. The lowest BCUT2D eigenvalue weighted by molar-refractivity contribution is -0.116. The summed E-state index contributed by atoms with van der Waals surface area (Å²) in [6.07, 6.45) is 1.68. The van der Waals surface area contributed by atoms with Crippen molar-refractivity contribution in [3.05, 3.63) is 82.3 Å². The molecule has 2 heterocycles. The molecule has 1 saturated heterocycles. The molecule has 1 aliphatic rings. The molecule has 174 valence electrons. The van der Waals surface area contributed by atoms with E-state index >= 15 is 0 Å². The number of aromatic nitrogens is 2. The smallest absolute Gasteiger partial charge is 0.295 e. The number of benzene rings is 2. The van der Waals surface area contributed by atoms with Gasteiger partial charge in [-0.3, -0.25) is 14.3 Å². The molecule has 0 aliphatic carbocycles. The average molecular weight is 449 g/mol. The highest BCUT2D eigenvalue weighted by Crippen LogP contribution is 2.30. The van der Waals surface area contributed by atoms with E-state index in [-0.39, 0.29) is 17.4 Å². The van der Waals surface area contributed by atoms with Gasteiger partial charge in [-0.05, 0) is 56.5 Å². The van der Waals surface area contributed by atoms with E-state index in [1.807, 2.05) is 74.6 Å². The highest BCUT2D eigenvalue weighted by molar-refractivity contribution is 5.91. The number of hydrogen-bond donors (Lipinski definition) is 2. The van der Waals surface area contributed by atoms with Gasteiger partial charge < -0.3 is 15.3 Å². The summed E-state index contributed by atoms with van der Waals surface area (Å²) < 4.78 is 3.32. The Bertz CT molecular complexity index is 1130. The number of hydrogen-bond acceptors (Lipinski definition) is 4. The summed E-state index contributed by atoms with van der Waals surface area (Å²) in [5.74, 6) is 0.0772. The second-order valence-corrected chi connectivity index (χ2v) is 8.77. The Labute approximate surface area is 194 Å². The van der Waals surface area contributed by atoms with Crippen LogP contribution >= 0.6 is 0 Å². The lowest BCUT2D eigenvalue weighted by atomic mass is 9.87. The summed E-state index contributed by atoms with van der Waals surface area (Å²) in [7, 11) is 1.81. The quantitative estimate of drug-likeness (QED) is 0.582. The number of aliphatic hydroxyl groups is 1. The van der Waals surface area contributed by atoms with Gasteiger partial charge in [0.25, 0.3) is 5.56 Å². The van der Waals surface area contributed by atoms with Crippen molar-refractivity contribution in [3.8, 4) is 5.69 Å². The number of anilines is 1. The predicted molar refractivity (Wildman–Crippen MR) is 130 cm³/mol. The fourth-order valence-corrected chi connectivity index (χ4v) is 4.59. The van der Waals surface area contributed by atoms with Crippen LogP contribution in [0.1, 0.15) is 36.6 Å². The first kappa shape index (κ1) is 23.0. The van der Waals surface area contributed by atoms with Crippen molar-refractivity contribution in [1.29, 1.82) is 0 Å². The minimum absolute atomic E-state index is 0.160. The molecule has 4 rings (SSSR count). The van der Waals surface area contributed by atoms with E-state index < -0.39 is 6.10 Å². The molecule has 7 heteroatoms. The number of aliphatic hydroxyl groups excluding tert-OH is 1. The molecular weight excluding hydrogens is 416 g/mol. The summed E-state index contributed by atoms with van der Waals surface area (Å²) in [6, 6.07) is 19.2. The lowest BCUT2D eigenvalue weighted by Crippen LogP contribution is -2.37. The number of carbonyl (C=O) groups excluding carboxylic acids is 1. The van der Waals surface area contributed by atoms with Gasteiger partial charge in [-0.1, -0.05) is 48.5 Å².